The Balaban J connectivity index is 2.06. The van der Waals surface area contributed by atoms with Gasteiger partial charge >= 0.3 is 0 Å². The largest absolute Gasteiger partial charge is 0.496 e. The van der Waals surface area contributed by atoms with E-state index in [-0.39, 0.29) is 11.4 Å². The number of benzene rings is 1. The van der Waals surface area contributed by atoms with E-state index < -0.39 is 5.91 Å². The van der Waals surface area contributed by atoms with Crippen molar-refractivity contribution in [1.29, 1.82) is 0 Å². The van der Waals surface area contributed by atoms with Crippen LogP contribution in [-0.2, 0) is 0 Å². The molecule has 1 aromatic carbocycles. The molecule has 0 aliphatic rings. The first-order valence-electron chi connectivity index (χ1n) is 9.46. The molecular formula is C23H20N6O2. The van der Waals surface area contributed by atoms with Crippen LogP contribution in [0.5, 0.6) is 5.75 Å². The van der Waals surface area contributed by atoms with Gasteiger partial charge in [-0.3, -0.25) is 9.36 Å². The summed E-state index contributed by atoms with van der Waals surface area (Å²) in [6, 6.07) is 9.22. The van der Waals surface area contributed by atoms with Crippen molar-refractivity contribution in [2.75, 3.05) is 12.8 Å². The number of nitrogen functional groups attached to an aromatic ring is 1. The van der Waals surface area contributed by atoms with Crippen LogP contribution in [0.25, 0.3) is 16.7 Å². The van der Waals surface area contributed by atoms with Crippen molar-refractivity contribution in [3.05, 3.63) is 70.9 Å². The second kappa shape index (κ2) is 7.80. The van der Waals surface area contributed by atoms with Crippen LogP contribution < -0.4 is 16.2 Å². The first kappa shape index (κ1) is 19.9. The molecule has 3 aromatic heterocycles. The number of nitrogens with zero attached hydrogens (tertiary/aromatic N) is 4. The third kappa shape index (κ3) is 3.32. The number of methoxy groups -OCH3 is 1. The normalized spacial score (nSPS) is 10.5. The number of amides is 1. The fraction of sp³-hybridized carbons (Fsp3) is 0.130. The van der Waals surface area contributed by atoms with Gasteiger partial charge in [-0.1, -0.05) is 12.1 Å². The van der Waals surface area contributed by atoms with E-state index in [1.807, 2.05) is 32.0 Å². The van der Waals surface area contributed by atoms with Crippen molar-refractivity contribution in [2.45, 2.75) is 13.8 Å². The first-order chi connectivity index (χ1) is 14.9. The minimum Gasteiger partial charge on any atom is -0.496 e. The number of aryl methyl sites for hydroxylation is 1. The predicted octanol–water partition coefficient (Wildman–Crippen LogP) is 2.52. The lowest BCUT2D eigenvalue weighted by atomic mass is 10.1. The fourth-order valence-corrected chi connectivity index (χ4v) is 3.64. The molecule has 8 heteroatoms. The number of hydrogen-bond donors (Lipinski definition) is 2. The van der Waals surface area contributed by atoms with Gasteiger partial charge in [-0.05, 0) is 49.5 Å². The lowest BCUT2D eigenvalue weighted by Crippen LogP contribution is -2.14. The number of anilines is 1. The molecule has 154 valence electrons. The van der Waals surface area contributed by atoms with Crippen LogP contribution in [0.1, 0.15) is 32.9 Å². The monoisotopic (exact) mass is 412 g/mol. The van der Waals surface area contributed by atoms with Crippen molar-refractivity contribution < 1.29 is 9.53 Å². The van der Waals surface area contributed by atoms with Crippen molar-refractivity contribution in [2.24, 2.45) is 5.73 Å². The van der Waals surface area contributed by atoms with E-state index in [9.17, 15) is 4.79 Å². The van der Waals surface area contributed by atoms with Crippen LogP contribution in [-0.4, -0.2) is 32.5 Å². The number of fused-ring (bicyclic) bond motifs is 1. The van der Waals surface area contributed by atoms with Crippen molar-refractivity contribution in [3.63, 3.8) is 0 Å². The molecule has 0 fully saturated rings. The molecule has 0 spiro atoms. The topological polar surface area (TPSA) is 122 Å². The van der Waals surface area contributed by atoms with Crippen molar-refractivity contribution in [1.82, 2.24) is 19.5 Å². The van der Waals surface area contributed by atoms with E-state index in [1.54, 1.807) is 30.0 Å². The average Bonchev–Trinajstić information content (AvgIpc) is 3.06. The summed E-state index contributed by atoms with van der Waals surface area (Å²) in [4.78, 5) is 25.3. The van der Waals surface area contributed by atoms with Gasteiger partial charge in [0.05, 0.1) is 23.7 Å². The van der Waals surface area contributed by atoms with Crippen LogP contribution >= 0.6 is 0 Å². The van der Waals surface area contributed by atoms with Gasteiger partial charge in [0, 0.05) is 11.8 Å². The van der Waals surface area contributed by atoms with Crippen LogP contribution in [0.3, 0.4) is 0 Å². The number of hydrogen-bond acceptors (Lipinski definition) is 6. The fourth-order valence-electron chi connectivity index (χ4n) is 3.64. The van der Waals surface area contributed by atoms with Crippen LogP contribution in [0, 0.1) is 25.7 Å². The number of rotatable bonds is 3. The molecule has 1 amide bonds. The Morgan fingerprint density at radius 3 is 2.58 bits per heavy atom. The van der Waals surface area contributed by atoms with Gasteiger partial charge in [0.15, 0.2) is 5.65 Å². The van der Waals surface area contributed by atoms with Gasteiger partial charge in [0.25, 0.3) is 5.91 Å². The summed E-state index contributed by atoms with van der Waals surface area (Å²) in [5, 5.41) is 0.401. The second-order valence-electron chi connectivity index (χ2n) is 6.90. The Kier molecular flexibility index (Phi) is 5.01. The maximum Gasteiger partial charge on any atom is 0.253 e. The molecule has 0 atom stereocenters. The molecule has 0 saturated carbocycles. The number of primary amides is 1. The highest BCUT2D eigenvalue weighted by molar-refractivity contribution is 6.12. The van der Waals surface area contributed by atoms with E-state index in [4.69, 9.17) is 16.2 Å². The number of ether oxygens (including phenoxy) is 1. The highest BCUT2D eigenvalue weighted by Crippen LogP contribution is 2.36. The number of carbonyl (C=O) groups is 1. The van der Waals surface area contributed by atoms with Gasteiger partial charge in [0.1, 0.15) is 29.3 Å². The number of nitrogens with two attached hydrogens (primary N) is 2. The van der Waals surface area contributed by atoms with Crippen molar-refractivity contribution in [3.8, 4) is 23.3 Å². The SMILES string of the molecule is COc1ccc(C)c(-n2c(N)c(C(N)=O)c3c(C#Cc4ccccn4)ncnc32)c1C. The van der Waals surface area contributed by atoms with Crippen molar-refractivity contribution >= 4 is 22.8 Å². The predicted molar refractivity (Wildman–Crippen MR) is 118 cm³/mol. The highest BCUT2D eigenvalue weighted by atomic mass is 16.5. The summed E-state index contributed by atoms with van der Waals surface area (Å²) in [7, 11) is 1.60. The molecule has 4 aromatic rings. The van der Waals surface area contributed by atoms with E-state index in [2.05, 4.69) is 26.8 Å². The molecule has 0 unspecified atom stereocenters. The molecule has 3 heterocycles. The molecule has 4 N–H and O–H groups in total. The van der Waals surface area contributed by atoms with Gasteiger partial charge in [-0.15, -0.1) is 0 Å². The maximum absolute atomic E-state index is 12.4. The molecule has 0 bridgehead atoms. The Morgan fingerprint density at radius 2 is 1.90 bits per heavy atom. The van der Waals surface area contributed by atoms with E-state index in [0.29, 0.717) is 28.2 Å². The minimum atomic E-state index is -0.685. The summed E-state index contributed by atoms with van der Waals surface area (Å²) in [6.07, 6.45) is 3.04. The molecule has 31 heavy (non-hydrogen) atoms. The molecule has 8 nitrogen and oxygen atoms in total. The lowest BCUT2D eigenvalue weighted by molar-refractivity contribution is 0.100. The zero-order valence-electron chi connectivity index (χ0n) is 17.3. The van der Waals surface area contributed by atoms with Gasteiger partial charge in [-0.25, -0.2) is 15.0 Å². The lowest BCUT2D eigenvalue weighted by Gasteiger charge is -2.16. The molecule has 0 radical (unpaired) electrons. The van der Waals surface area contributed by atoms with E-state index >= 15 is 0 Å². The standard InChI is InChI=1S/C23H20N6O2/c1-13-7-10-17(31-3)14(2)20(13)29-21(24)19(22(25)30)18-16(27-12-28-23(18)29)9-8-15-6-4-5-11-26-15/h4-7,10-12H,24H2,1-3H3,(H2,25,30). The average molecular weight is 412 g/mol. The Bertz CT molecular complexity index is 1380. The van der Waals surface area contributed by atoms with Gasteiger partial charge < -0.3 is 16.2 Å². The molecule has 0 aliphatic heterocycles. The van der Waals surface area contributed by atoms with Crippen LogP contribution in [0.2, 0.25) is 0 Å². The third-order valence-corrected chi connectivity index (χ3v) is 5.03. The van der Waals surface area contributed by atoms with E-state index in [1.165, 1.54) is 6.33 Å². The zero-order valence-corrected chi connectivity index (χ0v) is 17.3. The maximum atomic E-state index is 12.4. The summed E-state index contributed by atoms with van der Waals surface area (Å²) >= 11 is 0. The Labute approximate surface area is 178 Å². The summed E-state index contributed by atoms with van der Waals surface area (Å²) in [6.45, 7) is 3.86. The number of pyridine rings is 1. The first-order valence-corrected chi connectivity index (χ1v) is 9.46. The summed E-state index contributed by atoms with van der Waals surface area (Å²) in [5.41, 5.74) is 16.2. The zero-order chi connectivity index (χ0) is 22.1. The summed E-state index contributed by atoms with van der Waals surface area (Å²) < 4.78 is 7.18. The highest BCUT2D eigenvalue weighted by Gasteiger charge is 2.26. The quantitative estimate of drug-likeness (QED) is 0.499. The number of aromatic nitrogens is 4. The van der Waals surface area contributed by atoms with Gasteiger partial charge in [-0.2, -0.15) is 0 Å². The Hall–Kier alpha value is -4.38. The molecular weight excluding hydrogens is 392 g/mol. The molecule has 4 rings (SSSR count). The third-order valence-electron chi connectivity index (χ3n) is 5.03. The molecule has 0 aliphatic carbocycles. The van der Waals surface area contributed by atoms with Crippen LogP contribution in [0.15, 0.2) is 42.9 Å². The minimum absolute atomic E-state index is 0.127. The molecule has 0 saturated heterocycles. The van der Waals surface area contributed by atoms with E-state index in [0.717, 1.165) is 16.8 Å². The smallest absolute Gasteiger partial charge is 0.253 e. The number of carbonyl (C=O) groups excluding carboxylic acids is 1. The van der Waals surface area contributed by atoms with Gasteiger partial charge in [0.2, 0.25) is 0 Å². The second-order valence-corrected chi connectivity index (χ2v) is 6.90. The summed E-state index contributed by atoms with van der Waals surface area (Å²) in [5.74, 6) is 6.10. The van der Waals surface area contributed by atoms with Crippen LogP contribution in [0.4, 0.5) is 5.82 Å². The Morgan fingerprint density at radius 1 is 1.10 bits per heavy atom.